The highest BCUT2D eigenvalue weighted by atomic mass is 35.5. The molecule has 142 valence electrons. The van der Waals surface area contributed by atoms with Crippen LogP contribution in [-0.4, -0.2) is 23.2 Å². The Hall–Kier alpha value is -0.600. The van der Waals surface area contributed by atoms with Crippen LogP contribution < -0.4 is 0 Å². The lowest BCUT2D eigenvalue weighted by Crippen LogP contribution is -2.16. The average molecular weight is 432 g/mol. The Kier molecular flexibility index (Phi) is 6.34. The van der Waals surface area contributed by atoms with Crippen LogP contribution in [0.4, 0.5) is 0 Å². The van der Waals surface area contributed by atoms with Crippen LogP contribution in [0.2, 0.25) is 5.02 Å². The van der Waals surface area contributed by atoms with E-state index < -0.39 is 21.0 Å². The van der Waals surface area contributed by atoms with Crippen LogP contribution >= 0.6 is 22.9 Å². The van der Waals surface area contributed by atoms with Gasteiger partial charge in [-0.1, -0.05) is 42.2 Å². The second-order valence-corrected chi connectivity index (χ2v) is 12.3. The van der Waals surface area contributed by atoms with Crippen LogP contribution in [0.1, 0.15) is 56.9 Å². The monoisotopic (exact) mass is 431 g/mol. The van der Waals surface area contributed by atoms with Crippen LogP contribution in [0.5, 0.6) is 0 Å². The van der Waals surface area contributed by atoms with E-state index in [0.717, 1.165) is 30.7 Å². The molecule has 1 atom stereocenters. The number of aromatic nitrogens is 1. The third kappa shape index (κ3) is 4.12. The van der Waals surface area contributed by atoms with Gasteiger partial charge in [0.15, 0.2) is 0 Å². The van der Waals surface area contributed by atoms with Crippen LogP contribution in [0.25, 0.3) is 0 Å². The molecular weight excluding hydrogens is 410 g/mol. The minimum absolute atomic E-state index is 0.0440. The summed E-state index contributed by atoms with van der Waals surface area (Å²) in [7, 11) is -3.84. The molecule has 1 aliphatic carbocycles. The molecule has 0 N–H and O–H groups in total. The van der Waals surface area contributed by atoms with E-state index in [4.69, 9.17) is 11.6 Å². The van der Waals surface area contributed by atoms with Gasteiger partial charge in [0, 0.05) is 22.1 Å². The molecule has 0 radical (unpaired) electrons. The third-order valence-electron chi connectivity index (χ3n) is 4.53. The molecule has 1 saturated carbocycles. The molecule has 1 unspecified atom stereocenters. The first-order valence-corrected chi connectivity index (χ1v) is 12.6. The highest BCUT2D eigenvalue weighted by molar-refractivity contribution is 7.96. The van der Waals surface area contributed by atoms with E-state index in [2.05, 4.69) is 4.98 Å². The minimum Gasteiger partial charge on any atom is -0.611 e. The van der Waals surface area contributed by atoms with Gasteiger partial charge >= 0.3 is 0 Å². The Balaban J connectivity index is 2.08. The molecule has 0 bridgehead atoms. The minimum atomic E-state index is -3.84. The fourth-order valence-corrected chi connectivity index (χ4v) is 8.11. The zero-order valence-corrected chi connectivity index (χ0v) is 18.0. The summed E-state index contributed by atoms with van der Waals surface area (Å²) in [4.78, 5) is 4.64. The second kappa shape index (κ2) is 8.19. The molecule has 3 rings (SSSR count). The van der Waals surface area contributed by atoms with Gasteiger partial charge in [0.25, 0.3) is 0 Å². The first kappa shape index (κ1) is 20.1. The zero-order valence-electron chi connectivity index (χ0n) is 14.8. The molecule has 8 heteroatoms. The molecule has 2 aromatic rings. The lowest BCUT2D eigenvalue weighted by molar-refractivity contribution is 0.441. The van der Waals surface area contributed by atoms with Gasteiger partial charge in [0.1, 0.15) is 10.3 Å². The first-order chi connectivity index (χ1) is 12.3. The van der Waals surface area contributed by atoms with E-state index in [9.17, 15) is 13.0 Å². The number of nitrogens with zero attached hydrogens (tertiary/aromatic N) is 1. The Morgan fingerprint density at radius 3 is 2.38 bits per heavy atom. The summed E-state index contributed by atoms with van der Waals surface area (Å²) >= 11 is 5.79. The maximum Gasteiger partial charge on any atom is 0.246 e. The van der Waals surface area contributed by atoms with Crippen molar-refractivity contribution >= 4 is 44.0 Å². The number of rotatable bonds is 5. The van der Waals surface area contributed by atoms with Gasteiger partial charge in [-0.05, 0) is 51.0 Å². The van der Waals surface area contributed by atoms with Crippen LogP contribution in [0.3, 0.4) is 0 Å². The van der Waals surface area contributed by atoms with E-state index in [0.29, 0.717) is 9.23 Å². The smallest absolute Gasteiger partial charge is 0.246 e. The van der Waals surface area contributed by atoms with Crippen molar-refractivity contribution in [3.05, 3.63) is 34.3 Å². The molecule has 0 saturated heterocycles. The quantitative estimate of drug-likeness (QED) is 0.610. The Morgan fingerprint density at radius 1 is 1.19 bits per heavy atom. The van der Waals surface area contributed by atoms with Crippen LogP contribution in [0, 0.1) is 0 Å². The first-order valence-electron chi connectivity index (χ1n) is 8.72. The van der Waals surface area contributed by atoms with E-state index in [1.807, 2.05) is 13.8 Å². The van der Waals surface area contributed by atoms with E-state index in [1.54, 1.807) is 12.1 Å². The summed E-state index contributed by atoms with van der Waals surface area (Å²) in [6, 6.07) is 6.03. The van der Waals surface area contributed by atoms with Gasteiger partial charge in [0.2, 0.25) is 19.1 Å². The van der Waals surface area contributed by atoms with Crippen LogP contribution in [0.15, 0.2) is 38.4 Å². The fraction of sp³-hybridized carbons (Fsp3) is 0.500. The molecule has 1 fully saturated rings. The van der Waals surface area contributed by atoms with Gasteiger partial charge < -0.3 is 4.55 Å². The van der Waals surface area contributed by atoms with Crippen molar-refractivity contribution in [3.63, 3.8) is 0 Å². The molecule has 0 aliphatic heterocycles. The van der Waals surface area contributed by atoms with E-state index in [-0.39, 0.29) is 21.1 Å². The normalized spacial score (nSPS) is 17.6. The standard InChI is InChI=1S/C18H22ClNO3S3/c1-12(2)25(21)18-17(20-16(24-18)13-6-4-3-5-7-13)26(22,23)15-10-8-14(19)9-11-15/h8-13H,3-7H2,1-2H3. The van der Waals surface area contributed by atoms with Crippen molar-refractivity contribution in [3.8, 4) is 0 Å². The molecule has 1 heterocycles. The van der Waals surface area contributed by atoms with Crippen molar-refractivity contribution in [1.29, 1.82) is 0 Å². The molecule has 0 spiro atoms. The summed E-state index contributed by atoms with van der Waals surface area (Å²) < 4.78 is 39.5. The number of sulfone groups is 1. The molecule has 26 heavy (non-hydrogen) atoms. The lowest BCUT2D eigenvalue weighted by atomic mass is 9.90. The lowest BCUT2D eigenvalue weighted by Gasteiger charge is -2.18. The number of hydrogen-bond donors (Lipinski definition) is 0. The topological polar surface area (TPSA) is 70.1 Å². The third-order valence-corrected chi connectivity index (χ3v) is 9.91. The predicted octanol–water partition coefficient (Wildman–Crippen LogP) is 5.19. The summed E-state index contributed by atoms with van der Waals surface area (Å²) in [5.74, 6) is 0.269. The highest BCUT2D eigenvalue weighted by Crippen LogP contribution is 2.40. The Morgan fingerprint density at radius 2 is 1.81 bits per heavy atom. The molecule has 1 aromatic heterocycles. The van der Waals surface area contributed by atoms with Crippen molar-refractivity contribution in [1.82, 2.24) is 4.98 Å². The van der Waals surface area contributed by atoms with Gasteiger partial charge in [-0.25, -0.2) is 13.4 Å². The zero-order chi connectivity index (χ0) is 18.9. The number of benzene rings is 1. The van der Waals surface area contributed by atoms with Gasteiger partial charge in [-0.15, -0.1) is 0 Å². The van der Waals surface area contributed by atoms with Gasteiger partial charge in [-0.2, -0.15) is 0 Å². The molecule has 0 amide bonds. The second-order valence-electron chi connectivity index (χ2n) is 6.78. The van der Waals surface area contributed by atoms with Crippen LogP contribution in [-0.2, 0) is 21.0 Å². The molecule has 1 aliphatic rings. The van der Waals surface area contributed by atoms with Crippen molar-refractivity contribution in [2.75, 3.05) is 0 Å². The largest absolute Gasteiger partial charge is 0.611 e. The SMILES string of the molecule is CC(C)[S+]([O-])c1sc(C2CCCCC2)nc1S(=O)(=O)c1ccc(Cl)cc1. The average Bonchev–Trinajstić information content (AvgIpc) is 3.08. The van der Waals surface area contributed by atoms with Gasteiger partial charge in [0.05, 0.1) is 4.90 Å². The van der Waals surface area contributed by atoms with E-state index >= 15 is 0 Å². The summed E-state index contributed by atoms with van der Waals surface area (Å²) in [6.45, 7) is 3.66. The maximum atomic E-state index is 13.2. The predicted molar refractivity (Wildman–Crippen MR) is 106 cm³/mol. The fourth-order valence-electron chi connectivity index (χ4n) is 3.07. The Labute approximate surface area is 167 Å². The number of thiazole rings is 1. The van der Waals surface area contributed by atoms with Crippen molar-refractivity contribution < 1.29 is 13.0 Å². The maximum absolute atomic E-state index is 13.2. The van der Waals surface area contributed by atoms with Crippen molar-refractivity contribution in [2.24, 2.45) is 0 Å². The summed E-state index contributed by atoms with van der Waals surface area (Å²) in [5, 5.41) is 1.06. The Bertz CT molecular complexity index is 856. The van der Waals surface area contributed by atoms with Crippen molar-refractivity contribution in [2.45, 2.75) is 71.3 Å². The summed E-state index contributed by atoms with van der Waals surface area (Å²) in [6.07, 6.45) is 5.50. The van der Waals surface area contributed by atoms with Gasteiger partial charge in [-0.3, -0.25) is 0 Å². The van der Waals surface area contributed by atoms with E-state index in [1.165, 1.54) is 29.9 Å². The molecular formula is C18H22ClNO3S3. The molecule has 4 nitrogen and oxygen atoms in total. The molecule has 1 aromatic carbocycles. The highest BCUT2D eigenvalue weighted by Gasteiger charge is 2.35. The number of halogens is 1. The summed E-state index contributed by atoms with van der Waals surface area (Å²) in [5.41, 5.74) is 0. The number of hydrogen-bond acceptors (Lipinski definition) is 5.